The second-order valence-electron chi connectivity index (χ2n) is 15.3. The van der Waals surface area contributed by atoms with Crippen LogP contribution >= 0.6 is 0 Å². The number of imidazole rings is 2. The normalized spacial score (nSPS) is 19.4. The first-order valence-electron chi connectivity index (χ1n) is 19.0. The Morgan fingerprint density at radius 2 is 1.24 bits per heavy atom. The Kier molecular flexibility index (Phi) is 11.6. The van der Waals surface area contributed by atoms with Gasteiger partial charge >= 0.3 is 12.2 Å². The number of rotatable bonds is 11. The number of alkyl carbamates (subject to hydrolysis) is 2. The third kappa shape index (κ3) is 8.08. The molecule has 14 heteroatoms. The molecule has 6 rings (SSSR count). The van der Waals surface area contributed by atoms with Crippen LogP contribution in [0.25, 0.3) is 33.6 Å². The van der Waals surface area contributed by atoms with Gasteiger partial charge in [0.25, 0.3) is 0 Å². The minimum atomic E-state index is -0.708. The van der Waals surface area contributed by atoms with Gasteiger partial charge in [-0.1, -0.05) is 76.2 Å². The highest BCUT2D eigenvalue weighted by atomic mass is 16.5. The Hall–Kier alpha value is -5.66. The summed E-state index contributed by atoms with van der Waals surface area (Å²) in [5.74, 6) is 0.910. The average molecular weight is 753 g/mol. The van der Waals surface area contributed by atoms with Crippen molar-refractivity contribution in [3.8, 4) is 33.6 Å². The fraction of sp³-hybridized carbons (Fsp3) is 0.463. The molecule has 0 bridgehead atoms. The van der Waals surface area contributed by atoms with E-state index in [0.29, 0.717) is 18.9 Å². The van der Waals surface area contributed by atoms with Crippen LogP contribution in [-0.4, -0.2) is 93.1 Å². The number of nitrogens with one attached hydrogen (secondary N) is 4. The van der Waals surface area contributed by atoms with Gasteiger partial charge in [-0.25, -0.2) is 19.6 Å². The van der Waals surface area contributed by atoms with Crippen molar-refractivity contribution in [2.75, 3.05) is 27.3 Å². The van der Waals surface area contributed by atoms with E-state index in [9.17, 15) is 19.2 Å². The van der Waals surface area contributed by atoms with Crippen LogP contribution < -0.4 is 10.6 Å². The zero-order valence-corrected chi connectivity index (χ0v) is 32.6. The largest absolute Gasteiger partial charge is 0.453 e. The van der Waals surface area contributed by atoms with Gasteiger partial charge in [-0.3, -0.25) is 9.59 Å². The van der Waals surface area contributed by atoms with Crippen molar-refractivity contribution in [2.24, 2.45) is 11.8 Å². The summed E-state index contributed by atoms with van der Waals surface area (Å²) in [5.41, 5.74) is 5.11. The van der Waals surface area contributed by atoms with Gasteiger partial charge in [-0.15, -0.1) is 0 Å². The Labute approximate surface area is 321 Å². The first kappa shape index (κ1) is 39.0. The number of carbonyl (C=O) groups excluding carboxylic acids is 4. The number of methoxy groups -OCH3 is 2. The monoisotopic (exact) mass is 752 g/mol. The third-order valence-electron chi connectivity index (χ3n) is 10.9. The summed E-state index contributed by atoms with van der Waals surface area (Å²) in [5, 5.41) is 5.40. The molecule has 2 aromatic heterocycles. The number of nitrogens with zero attached hydrogens (tertiary/aromatic N) is 4. The molecule has 4 aromatic rings. The van der Waals surface area contributed by atoms with E-state index in [-0.39, 0.29) is 29.7 Å². The minimum Gasteiger partial charge on any atom is -0.453 e. The number of hydrogen-bond acceptors (Lipinski definition) is 8. The maximum Gasteiger partial charge on any atom is 0.407 e. The molecule has 14 nitrogen and oxygen atoms in total. The molecule has 0 aliphatic carbocycles. The molecule has 2 fully saturated rings. The van der Waals surface area contributed by atoms with E-state index in [1.54, 1.807) is 17.3 Å². The SMILES string of the molecule is COC(=O)N[C@H](C(=O)N1CCC[C@H]1c1ncc(-c2ccc(-c3ccc(-c4cnc(C5(C)CCCN5C(=O)[C@@H](NC(=O)OC)C(C)C)[nH]4)cc3)cc2)[nH]1)C(C)C. The van der Waals surface area contributed by atoms with Gasteiger partial charge in [-0.2, -0.15) is 0 Å². The zero-order valence-electron chi connectivity index (χ0n) is 32.6. The lowest BCUT2D eigenvalue weighted by molar-refractivity contribution is -0.138. The maximum atomic E-state index is 13.7. The molecule has 2 aliphatic rings. The number of carbonyl (C=O) groups is 4. The molecule has 2 aromatic carbocycles. The van der Waals surface area contributed by atoms with Crippen LogP contribution in [0.3, 0.4) is 0 Å². The van der Waals surface area contributed by atoms with Gasteiger partial charge in [0.15, 0.2) is 0 Å². The highest BCUT2D eigenvalue weighted by molar-refractivity contribution is 5.87. The van der Waals surface area contributed by atoms with Gasteiger partial charge in [-0.05, 0) is 66.7 Å². The second kappa shape index (κ2) is 16.4. The van der Waals surface area contributed by atoms with Gasteiger partial charge in [0.05, 0.1) is 49.6 Å². The molecule has 4 N–H and O–H groups in total. The molecule has 0 radical (unpaired) electrons. The molecular formula is C41H52N8O6. The van der Waals surface area contributed by atoms with E-state index < -0.39 is 29.8 Å². The number of hydrogen-bond donors (Lipinski definition) is 4. The van der Waals surface area contributed by atoms with Gasteiger partial charge in [0, 0.05) is 13.1 Å². The van der Waals surface area contributed by atoms with Crippen LogP contribution in [0.5, 0.6) is 0 Å². The van der Waals surface area contributed by atoms with Crippen molar-refractivity contribution in [1.29, 1.82) is 0 Å². The van der Waals surface area contributed by atoms with Crippen molar-refractivity contribution in [1.82, 2.24) is 40.4 Å². The Morgan fingerprint density at radius 1 is 0.727 bits per heavy atom. The van der Waals surface area contributed by atoms with Crippen LogP contribution in [0.15, 0.2) is 60.9 Å². The Bertz CT molecular complexity index is 1990. The van der Waals surface area contributed by atoms with Gasteiger partial charge < -0.3 is 39.9 Å². The number of ether oxygens (including phenoxy) is 2. The first-order chi connectivity index (χ1) is 26.3. The molecule has 292 valence electrons. The van der Waals surface area contributed by atoms with Gasteiger partial charge in [0.1, 0.15) is 23.7 Å². The summed E-state index contributed by atoms with van der Waals surface area (Å²) in [6.07, 6.45) is 5.55. The number of aromatic amines is 2. The van der Waals surface area contributed by atoms with Crippen molar-refractivity contribution in [2.45, 2.75) is 84.0 Å². The van der Waals surface area contributed by atoms with Gasteiger partial charge in [0.2, 0.25) is 11.8 Å². The van der Waals surface area contributed by atoms with Crippen LogP contribution in [0.2, 0.25) is 0 Å². The highest BCUT2D eigenvalue weighted by Crippen LogP contribution is 2.39. The van der Waals surface area contributed by atoms with E-state index in [1.807, 2.05) is 51.7 Å². The number of benzene rings is 2. The molecule has 1 unspecified atom stereocenters. The fourth-order valence-electron chi connectivity index (χ4n) is 7.70. The summed E-state index contributed by atoms with van der Waals surface area (Å²) in [7, 11) is 2.58. The quantitative estimate of drug-likeness (QED) is 0.136. The average Bonchev–Trinajstić information content (AvgIpc) is 4.02. The van der Waals surface area contributed by atoms with Crippen LogP contribution in [0.4, 0.5) is 9.59 Å². The lowest BCUT2D eigenvalue weighted by atomic mass is 9.95. The number of aromatic nitrogens is 4. The molecule has 4 heterocycles. The van der Waals surface area contributed by atoms with Crippen LogP contribution in [-0.2, 0) is 24.6 Å². The van der Waals surface area contributed by atoms with Crippen LogP contribution in [0, 0.1) is 11.8 Å². The van der Waals surface area contributed by atoms with Crippen molar-refractivity contribution in [3.63, 3.8) is 0 Å². The zero-order chi connectivity index (χ0) is 39.4. The predicted octanol–water partition coefficient (Wildman–Crippen LogP) is 6.40. The smallest absolute Gasteiger partial charge is 0.407 e. The van der Waals surface area contributed by atoms with E-state index in [4.69, 9.17) is 14.5 Å². The lowest BCUT2D eigenvalue weighted by Gasteiger charge is -2.37. The summed E-state index contributed by atoms with van der Waals surface area (Å²) < 4.78 is 9.53. The molecule has 0 saturated carbocycles. The molecule has 0 spiro atoms. The summed E-state index contributed by atoms with van der Waals surface area (Å²) >= 11 is 0. The third-order valence-corrected chi connectivity index (χ3v) is 10.9. The molecule has 2 aliphatic heterocycles. The molecule has 2 saturated heterocycles. The minimum absolute atomic E-state index is 0.105. The van der Waals surface area contributed by atoms with E-state index in [1.165, 1.54) is 14.2 Å². The van der Waals surface area contributed by atoms with Crippen molar-refractivity contribution < 1.29 is 28.7 Å². The summed E-state index contributed by atoms with van der Waals surface area (Å²) in [4.78, 5) is 71.2. The fourth-order valence-corrected chi connectivity index (χ4v) is 7.70. The summed E-state index contributed by atoms with van der Waals surface area (Å²) in [6, 6.07) is 14.9. The molecule has 4 amide bonds. The number of amides is 4. The number of H-pyrrole nitrogens is 2. The Balaban J connectivity index is 1.12. The molecule has 4 atom stereocenters. The van der Waals surface area contributed by atoms with E-state index in [0.717, 1.165) is 65.1 Å². The molecule has 55 heavy (non-hydrogen) atoms. The van der Waals surface area contributed by atoms with Crippen molar-refractivity contribution in [3.05, 3.63) is 72.6 Å². The van der Waals surface area contributed by atoms with Crippen molar-refractivity contribution >= 4 is 24.0 Å². The standard InChI is InChI=1S/C41H52N8O6/c1-24(2)33(46-39(52)54-6)36(50)48-20-8-10-32(48)35-42-22-30(44-35)28-15-11-26(12-16-28)27-13-17-29(18-14-27)31-23-43-38(45-31)41(5)19-9-21-49(41)37(51)34(25(3)4)47-40(53)55-7/h11-18,22-25,32-34H,8-10,19-21H2,1-7H3,(H,42,44)(H,43,45)(H,46,52)(H,47,53)/t32-,33-,34-,41?/m0/s1. The first-order valence-corrected chi connectivity index (χ1v) is 19.0. The van der Waals surface area contributed by atoms with Crippen LogP contribution in [0.1, 0.15) is 78.0 Å². The number of likely N-dealkylation sites (tertiary alicyclic amines) is 2. The maximum absolute atomic E-state index is 13.7. The lowest BCUT2D eigenvalue weighted by Crippen LogP contribution is -2.55. The second-order valence-corrected chi connectivity index (χ2v) is 15.3. The van der Waals surface area contributed by atoms with E-state index in [2.05, 4.69) is 62.0 Å². The predicted molar refractivity (Wildman–Crippen MR) is 207 cm³/mol. The van der Waals surface area contributed by atoms with E-state index >= 15 is 0 Å². The highest BCUT2D eigenvalue weighted by Gasteiger charge is 2.46. The topological polar surface area (TPSA) is 175 Å². The summed E-state index contributed by atoms with van der Waals surface area (Å²) in [6.45, 7) is 10.8. The molecular weight excluding hydrogens is 701 g/mol. The Morgan fingerprint density at radius 3 is 1.78 bits per heavy atom.